The van der Waals surface area contributed by atoms with Gasteiger partial charge in [-0.25, -0.2) is 4.99 Å². The molecule has 1 heterocycles. The molecular weight excluding hydrogens is 382 g/mol. The minimum atomic E-state index is -0.182. The van der Waals surface area contributed by atoms with Crippen molar-refractivity contribution in [2.75, 3.05) is 19.8 Å². The number of hydrogen-bond acceptors (Lipinski definition) is 6. The van der Waals surface area contributed by atoms with Gasteiger partial charge in [0.25, 0.3) is 0 Å². The minimum Gasteiger partial charge on any atom is -0.490 e. The average molecular weight is 418 g/mol. The Hall–Kier alpha value is -2.77. The lowest BCUT2D eigenvalue weighted by Gasteiger charge is -2.20. The normalized spacial score (nSPS) is 13.1. The van der Waals surface area contributed by atoms with Gasteiger partial charge in [-0.05, 0) is 45.4 Å². The van der Waals surface area contributed by atoms with Crippen LogP contribution in [0.4, 0.5) is 0 Å². The van der Waals surface area contributed by atoms with E-state index in [1.165, 1.54) is 0 Å². The number of nitrogens with one attached hydrogen (secondary N) is 2. The molecule has 1 aromatic heterocycles. The van der Waals surface area contributed by atoms with Crippen molar-refractivity contribution < 1.29 is 14.0 Å². The summed E-state index contributed by atoms with van der Waals surface area (Å²) < 4.78 is 16.7. The molecular formula is C22H35N5O3. The van der Waals surface area contributed by atoms with Crippen LogP contribution in [-0.2, 0) is 12.0 Å². The third kappa shape index (κ3) is 6.64. The molecule has 2 aromatic rings. The lowest BCUT2D eigenvalue weighted by Crippen LogP contribution is -2.38. The molecule has 0 saturated carbocycles. The Morgan fingerprint density at radius 3 is 2.43 bits per heavy atom. The van der Waals surface area contributed by atoms with Gasteiger partial charge in [-0.1, -0.05) is 32.0 Å². The molecule has 0 spiro atoms. The van der Waals surface area contributed by atoms with Crippen LogP contribution in [0.25, 0.3) is 0 Å². The Bertz CT molecular complexity index is 826. The number of hydrogen-bond donors (Lipinski definition) is 2. The maximum absolute atomic E-state index is 5.74. The van der Waals surface area contributed by atoms with Crippen LogP contribution in [0.1, 0.15) is 71.8 Å². The second kappa shape index (κ2) is 10.8. The van der Waals surface area contributed by atoms with Crippen molar-refractivity contribution in [2.45, 2.75) is 66.5 Å². The first-order valence-electron chi connectivity index (χ1n) is 10.6. The minimum absolute atomic E-state index is 0.00749. The molecule has 0 bridgehead atoms. The first-order chi connectivity index (χ1) is 14.3. The van der Waals surface area contributed by atoms with E-state index in [9.17, 15) is 0 Å². The van der Waals surface area contributed by atoms with Crippen LogP contribution in [-0.4, -0.2) is 35.9 Å². The lowest BCUT2D eigenvalue weighted by molar-refractivity contribution is 0.287. The Kier molecular flexibility index (Phi) is 8.50. The monoisotopic (exact) mass is 417 g/mol. The molecule has 8 nitrogen and oxygen atoms in total. The quantitative estimate of drug-likeness (QED) is 0.471. The summed E-state index contributed by atoms with van der Waals surface area (Å²) >= 11 is 0. The molecule has 30 heavy (non-hydrogen) atoms. The van der Waals surface area contributed by atoms with E-state index in [2.05, 4.69) is 32.7 Å². The smallest absolute Gasteiger partial charge is 0.232 e. The molecule has 166 valence electrons. The molecule has 1 atom stereocenters. The maximum atomic E-state index is 5.74. The molecule has 1 aromatic carbocycles. The molecule has 0 amide bonds. The molecule has 0 fully saturated rings. The number of rotatable bonds is 9. The van der Waals surface area contributed by atoms with Crippen LogP contribution >= 0.6 is 0 Å². The number of benzene rings is 1. The van der Waals surface area contributed by atoms with E-state index in [0.717, 1.165) is 23.6 Å². The van der Waals surface area contributed by atoms with Gasteiger partial charge in [-0.15, -0.1) is 0 Å². The Labute approximate surface area is 179 Å². The third-order valence-electron chi connectivity index (χ3n) is 4.25. The number of aromatic nitrogens is 2. The zero-order valence-electron chi connectivity index (χ0n) is 19.2. The molecule has 0 saturated heterocycles. The highest BCUT2D eigenvalue weighted by molar-refractivity contribution is 5.80. The van der Waals surface area contributed by atoms with Crippen LogP contribution in [0.3, 0.4) is 0 Å². The van der Waals surface area contributed by atoms with E-state index >= 15 is 0 Å². The summed E-state index contributed by atoms with van der Waals surface area (Å²) in [5.41, 5.74) is 0.889. The molecule has 0 aliphatic heterocycles. The summed E-state index contributed by atoms with van der Waals surface area (Å²) in [5, 5.41) is 10.7. The number of guanidine groups is 1. The van der Waals surface area contributed by atoms with Crippen LogP contribution in [0.2, 0.25) is 0 Å². The summed E-state index contributed by atoms with van der Waals surface area (Å²) in [6, 6.07) is 5.99. The lowest BCUT2D eigenvalue weighted by atomic mass is 9.97. The fourth-order valence-electron chi connectivity index (χ4n) is 2.72. The summed E-state index contributed by atoms with van der Waals surface area (Å²) in [7, 11) is 0. The number of aliphatic imine (C=N–C) groups is 1. The van der Waals surface area contributed by atoms with Crippen molar-refractivity contribution >= 4 is 5.96 Å². The van der Waals surface area contributed by atoms with Crippen molar-refractivity contribution in [2.24, 2.45) is 4.99 Å². The van der Waals surface area contributed by atoms with E-state index in [1.54, 1.807) is 0 Å². The van der Waals surface area contributed by atoms with Crippen molar-refractivity contribution in [3.8, 4) is 11.5 Å². The fraction of sp³-hybridized carbons (Fsp3) is 0.591. The molecule has 0 radical (unpaired) electrons. The fourth-order valence-corrected chi connectivity index (χ4v) is 2.72. The van der Waals surface area contributed by atoms with Crippen molar-refractivity contribution in [3.63, 3.8) is 0 Å². The van der Waals surface area contributed by atoms with Gasteiger partial charge < -0.3 is 24.6 Å². The average Bonchev–Trinajstić information content (AvgIpc) is 3.17. The van der Waals surface area contributed by atoms with Crippen LogP contribution in [0, 0.1) is 0 Å². The van der Waals surface area contributed by atoms with Gasteiger partial charge in [-0.3, -0.25) is 0 Å². The van der Waals surface area contributed by atoms with Gasteiger partial charge in [0.05, 0.1) is 19.3 Å². The van der Waals surface area contributed by atoms with E-state index in [0.29, 0.717) is 37.4 Å². The predicted molar refractivity (Wildman–Crippen MR) is 118 cm³/mol. The van der Waals surface area contributed by atoms with Gasteiger partial charge in [0, 0.05) is 12.0 Å². The summed E-state index contributed by atoms with van der Waals surface area (Å²) in [4.78, 5) is 9.04. The summed E-state index contributed by atoms with van der Waals surface area (Å²) in [6.07, 6.45) is 0. The zero-order valence-corrected chi connectivity index (χ0v) is 19.2. The molecule has 8 heteroatoms. The van der Waals surface area contributed by atoms with E-state index in [4.69, 9.17) is 14.0 Å². The molecule has 0 aliphatic carbocycles. The standard InChI is InChI=1S/C22H35N5O3/c1-8-23-21(24-14-19-26-20(30-27-19)22(5,6)7)25-15(4)16-11-12-17(28-9-2)18(13-16)29-10-3/h11-13,15H,8-10,14H2,1-7H3,(H2,23,24,25). The Morgan fingerprint density at radius 1 is 1.13 bits per heavy atom. The maximum Gasteiger partial charge on any atom is 0.232 e. The second-order valence-corrected chi connectivity index (χ2v) is 7.90. The van der Waals surface area contributed by atoms with Crippen LogP contribution < -0.4 is 20.1 Å². The van der Waals surface area contributed by atoms with Crippen LogP contribution in [0.15, 0.2) is 27.7 Å². The Morgan fingerprint density at radius 2 is 1.83 bits per heavy atom. The second-order valence-electron chi connectivity index (χ2n) is 7.90. The molecule has 2 rings (SSSR count). The number of ether oxygens (including phenoxy) is 2. The summed E-state index contributed by atoms with van der Waals surface area (Å²) in [5.74, 6) is 3.34. The first-order valence-corrected chi connectivity index (χ1v) is 10.6. The molecule has 1 unspecified atom stereocenters. The van der Waals surface area contributed by atoms with Gasteiger partial charge in [-0.2, -0.15) is 4.98 Å². The largest absolute Gasteiger partial charge is 0.490 e. The molecule has 0 aliphatic rings. The summed E-state index contributed by atoms with van der Waals surface area (Å²) in [6.45, 7) is 16.4. The highest BCUT2D eigenvalue weighted by Crippen LogP contribution is 2.30. The van der Waals surface area contributed by atoms with E-state index in [-0.39, 0.29) is 11.5 Å². The topological polar surface area (TPSA) is 93.8 Å². The van der Waals surface area contributed by atoms with Crippen molar-refractivity contribution in [3.05, 3.63) is 35.5 Å². The first kappa shape index (κ1) is 23.5. The SMILES string of the molecule is CCNC(=NCc1noc(C(C)(C)C)n1)NC(C)c1ccc(OCC)c(OCC)c1. The predicted octanol–water partition coefficient (Wildman–Crippen LogP) is 3.98. The van der Waals surface area contributed by atoms with Gasteiger partial charge >= 0.3 is 0 Å². The Balaban J connectivity index is 2.12. The highest BCUT2D eigenvalue weighted by Gasteiger charge is 2.21. The zero-order chi connectivity index (χ0) is 22.1. The van der Waals surface area contributed by atoms with E-state index < -0.39 is 0 Å². The van der Waals surface area contributed by atoms with Crippen molar-refractivity contribution in [1.29, 1.82) is 0 Å². The van der Waals surface area contributed by atoms with Crippen molar-refractivity contribution in [1.82, 2.24) is 20.8 Å². The van der Waals surface area contributed by atoms with Crippen LogP contribution in [0.5, 0.6) is 11.5 Å². The third-order valence-corrected chi connectivity index (χ3v) is 4.25. The van der Waals surface area contributed by atoms with Gasteiger partial charge in [0.15, 0.2) is 23.3 Å². The van der Waals surface area contributed by atoms with Gasteiger partial charge in [0.1, 0.15) is 6.54 Å². The highest BCUT2D eigenvalue weighted by atomic mass is 16.5. The van der Waals surface area contributed by atoms with Gasteiger partial charge in [0.2, 0.25) is 5.89 Å². The van der Waals surface area contributed by atoms with E-state index in [1.807, 2.05) is 59.7 Å². The number of nitrogens with zero attached hydrogens (tertiary/aromatic N) is 3. The molecule has 2 N–H and O–H groups in total.